The van der Waals surface area contributed by atoms with Crippen molar-refractivity contribution in [1.29, 1.82) is 0 Å². The van der Waals surface area contributed by atoms with Crippen LogP contribution in [0, 0.1) is 12.7 Å². The maximum absolute atomic E-state index is 13.4. The van der Waals surface area contributed by atoms with Crippen LogP contribution in [0.25, 0.3) is 17.2 Å². The maximum atomic E-state index is 13.4. The van der Waals surface area contributed by atoms with Gasteiger partial charge < -0.3 is 0 Å². The minimum atomic E-state index is -0.294. The van der Waals surface area contributed by atoms with Crippen LogP contribution < -0.4 is 0 Å². The molecular weight excluding hydrogens is 271 g/mol. The van der Waals surface area contributed by atoms with Gasteiger partial charge in [-0.15, -0.1) is 0 Å². The van der Waals surface area contributed by atoms with Crippen molar-refractivity contribution in [2.24, 2.45) is 0 Å². The van der Waals surface area contributed by atoms with E-state index in [0.717, 1.165) is 0 Å². The summed E-state index contributed by atoms with van der Waals surface area (Å²) in [5.74, 6) is 0.0721. The Morgan fingerprint density at radius 2 is 2.00 bits per heavy atom. The third-order valence-corrected chi connectivity index (χ3v) is 3.06. The molecule has 104 valence electrons. The average molecular weight is 282 g/mol. The molecule has 0 saturated carbocycles. The second-order valence-corrected chi connectivity index (χ2v) is 4.51. The Morgan fingerprint density at radius 1 is 1.24 bits per heavy atom. The molecule has 6 heteroatoms. The summed E-state index contributed by atoms with van der Waals surface area (Å²) in [4.78, 5) is 19.4. The summed E-state index contributed by atoms with van der Waals surface area (Å²) >= 11 is 0. The van der Waals surface area contributed by atoms with E-state index >= 15 is 0 Å². The van der Waals surface area contributed by atoms with Gasteiger partial charge in [-0.1, -0.05) is 0 Å². The van der Waals surface area contributed by atoms with Gasteiger partial charge in [0.05, 0.1) is 5.56 Å². The average Bonchev–Trinajstić information content (AvgIpc) is 2.95. The molecule has 0 aliphatic carbocycles. The van der Waals surface area contributed by atoms with Crippen LogP contribution in [0.3, 0.4) is 0 Å². The van der Waals surface area contributed by atoms with Gasteiger partial charge in [0, 0.05) is 24.2 Å². The number of benzene rings is 1. The van der Waals surface area contributed by atoms with Crippen molar-refractivity contribution in [3.8, 4) is 17.2 Å². The predicted octanol–water partition coefficient (Wildman–Crippen LogP) is 2.59. The van der Waals surface area contributed by atoms with Crippen molar-refractivity contribution in [3.63, 3.8) is 0 Å². The van der Waals surface area contributed by atoms with Crippen molar-refractivity contribution in [2.75, 3.05) is 0 Å². The van der Waals surface area contributed by atoms with Crippen LogP contribution in [-0.4, -0.2) is 26.0 Å². The summed E-state index contributed by atoms with van der Waals surface area (Å²) in [5.41, 5.74) is 2.04. The van der Waals surface area contributed by atoms with Crippen LogP contribution in [0.15, 0.2) is 42.9 Å². The molecule has 0 bridgehead atoms. The molecule has 2 heterocycles. The van der Waals surface area contributed by atoms with Gasteiger partial charge in [0.1, 0.15) is 11.5 Å². The molecular formula is C15H11FN4O. The molecule has 0 amide bonds. The summed E-state index contributed by atoms with van der Waals surface area (Å²) in [7, 11) is 0. The molecule has 0 aliphatic heterocycles. The fourth-order valence-electron chi connectivity index (χ4n) is 2.00. The number of aromatic nitrogens is 4. The monoisotopic (exact) mass is 282 g/mol. The van der Waals surface area contributed by atoms with E-state index in [9.17, 15) is 9.18 Å². The second kappa shape index (κ2) is 5.24. The summed E-state index contributed by atoms with van der Waals surface area (Å²) in [6.45, 7) is 1.66. The Kier molecular flexibility index (Phi) is 3.27. The van der Waals surface area contributed by atoms with Crippen molar-refractivity contribution in [1.82, 2.24) is 19.7 Å². The van der Waals surface area contributed by atoms with E-state index in [0.29, 0.717) is 34.6 Å². The molecule has 0 spiro atoms. The highest BCUT2D eigenvalue weighted by Crippen LogP contribution is 2.23. The van der Waals surface area contributed by atoms with Crippen LogP contribution in [0.1, 0.15) is 15.9 Å². The number of hydrogen-bond acceptors (Lipinski definition) is 4. The van der Waals surface area contributed by atoms with Gasteiger partial charge in [-0.25, -0.2) is 19.0 Å². The molecule has 0 N–H and O–H groups in total. The molecule has 2 aromatic heterocycles. The summed E-state index contributed by atoms with van der Waals surface area (Å²) in [6.07, 6.45) is 5.44. The molecule has 5 nitrogen and oxygen atoms in total. The zero-order chi connectivity index (χ0) is 14.8. The molecule has 0 radical (unpaired) electrons. The lowest BCUT2D eigenvalue weighted by atomic mass is 10.1. The number of hydrogen-bond donors (Lipinski definition) is 0. The van der Waals surface area contributed by atoms with Crippen LogP contribution in [-0.2, 0) is 0 Å². The van der Waals surface area contributed by atoms with Gasteiger partial charge >= 0.3 is 0 Å². The lowest BCUT2D eigenvalue weighted by molar-refractivity contribution is 0.112. The zero-order valence-corrected chi connectivity index (χ0v) is 11.2. The summed E-state index contributed by atoms with van der Waals surface area (Å²) < 4.78 is 14.8. The van der Waals surface area contributed by atoms with E-state index in [1.165, 1.54) is 10.7 Å². The first kappa shape index (κ1) is 13.1. The minimum Gasteiger partial charge on any atom is -0.298 e. The lowest BCUT2D eigenvalue weighted by Crippen LogP contribution is -2.00. The highest BCUT2D eigenvalue weighted by Gasteiger charge is 2.13. The first-order chi connectivity index (χ1) is 10.2. The molecule has 0 fully saturated rings. The first-order valence-corrected chi connectivity index (χ1v) is 6.28. The first-order valence-electron chi connectivity index (χ1n) is 6.28. The van der Waals surface area contributed by atoms with Crippen LogP contribution >= 0.6 is 0 Å². The summed E-state index contributed by atoms with van der Waals surface area (Å²) in [6, 6.07) is 6.30. The quantitative estimate of drug-likeness (QED) is 0.693. The third-order valence-electron chi connectivity index (χ3n) is 3.06. The van der Waals surface area contributed by atoms with E-state index in [2.05, 4.69) is 15.1 Å². The summed E-state index contributed by atoms with van der Waals surface area (Å²) in [5, 5.41) is 4.33. The van der Waals surface area contributed by atoms with Crippen molar-refractivity contribution >= 4 is 6.29 Å². The Bertz CT molecular complexity index is 799. The molecule has 0 aliphatic rings. The minimum absolute atomic E-state index is 0.294. The molecule has 0 unspecified atom stereocenters. The van der Waals surface area contributed by atoms with Gasteiger partial charge in [-0.2, -0.15) is 5.10 Å². The second-order valence-electron chi connectivity index (χ2n) is 4.51. The predicted molar refractivity (Wildman–Crippen MR) is 74.7 cm³/mol. The molecule has 3 rings (SSSR count). The van der Waals surface area contributed by atoms with E-state index < -0.39 is 0 Å². The smallest absolute Gasteiger partial charge is 0.250 e. The molecule has 1 aromatic carbocycles. The highest BCUT2D eigenvalue weighted by molar-refractivity contribution is 5.85. The van der Waals surface area contributed by atoms with Crippen LogP contribution in [0.5, 0.6) is 0 Å². The number of nitrogens with zero attached hydrogens (tertiary/aromatic N) is 4. The largest absolute Gasteiger partial charge is 0.298 e. The Hall–Kier alpha value is -2.89. The van der Waals surface area contributed by atoms with E-state index in [1.807, 2.05) is 0 Å². The van der Waals surface area contributed by atoms with Gasteiger partial charge in [-0.05, 0) is 36.8 Å². The van der Waals surface area contributed by atoms with E-state index in [4.69, 9.17) is 0 Å². The maximum Gasteiger partial charge on any atom is 0.250 e. The standard InChI is InChI=1S/C15H11FN4O/c1-10-7-11(3-4-13(10)16)14-12(9-21)8-20(19-14)15-17-5-2-6-18-15/h2-9H,1H3. The fraction of sp³-hybridized carbons (Fsp3) is 0.0667. The van der Waals surface area contributed by atoms with E-state index in [-0.39, 0.29) is 5.82 Å². The molecule has 0 atom stereocenters. The molecule has 0 saturated heterocycles. The van der Waals surface area contributed by atoms with Crippen molar-refractivity contribution in [2.45, 2.75) is 6.92 Å². The van der Waals surface area contributed by atoms with E-state index in [1.54, 1.807) is 43.7 Å². The number of carbonyl (C=O) groups excluding carboxylic acids is 1. The topological polar surface area (TPSA) is 60.7 Å². The highest BCUT2D eigenvalue weighted by atomic mass is 19.1. The fourth-order valence-corrected chi connectivity index (χ4v) is 2.00. The normalized spacial score (nSPS) is 10.6. The Balaban J connectivity index is 2.12. The number of aryl methyl sites for hydroxylation is 1. The van der Waals surface area contributed by atoms with Gasteiger partial charge in [0.15, 0.2) is 6.29 Å². The Labute approximate surface area is 120 Å². The van der Waals surface area contributed by atoms with Crippen LogP contribution in [0.4, 0.5) is 4.39 Å². The molecule has 21 heavy (non-hydrogen) atoms. The van der Waals surface area contributed by atoms with Gasteiger partial charge in [-0.3, -0.25) is 4.79 Å². The SMILES string of the molecule is Cc1cc(-c2nn(-c3ncccn3)cc2C=O)ccc1F. The lowest BCUT2D eigenvalue weighted by Gasteiger charge is -2.01. The Morgan fingerprint density at radius 3 is 2.67 bits per heavy atom. The van der Waals surface area contributed by atoms with Crippen molar-refractivity contribution in [3.05, 3.63) is 59.8 Å². The number of aldehydes is 1. The van der Waals surface area contributed by atoms with Gasteiger partial charge in [0.2, 0.25) is 5.95 Å². The number of carbonyl (C=O) groups is 1. The third kappa shape index (κ3) is 2.43. The number of rotatable bonds is 3. The van der Waals surface area contributed by atoms with Crippen LogP contribution in [0.2, 0.25) is 0 Å². The zero-order valence-electron chi connectivity index (χ0n) is 11.2. The molecule has 3 aromatic rings. The van der Waals surface area contributed by atoms with Crippen molar-refractivity contribution < 1.29 is 9.18 Å². The number of halogens is 1. The van der Waals surface area contributed by atoms with Gasteiger partial charge in [0.25, 0.3) is 0 Å².